The largest absolute Gasteiger partial charge is 0.465 e. The summed E-state index contributed by atoms with van der Waals surface area (Å²) in [4.78, 5) is 3.18. The average molecular weight is 692 g/mol. The Morgan fingerprint density at radius 1 is 0.789 bits per heavy atom. The molecule has 0 amide bonds. The van der Waals surface area contributed by atoms with Crippen molar-refractivity contribution in [2.45, 2.75) is 7.59 Å². The number of hydrogen-bond acceptors (Lipinski definition) is 0. The number of rotatable bonds is 0. The minimum Gasteiger partial charge on any atom is -0.465 e. The molecular formula is C4Cl12N2Os-. The van der Waals surface area contributed by atoms with Crippen LogP contribution in [0, 0.1) is 0 Å². The predicted molar refractivity (Wildman–Crippen MR) is 91.5 cm³/mol. The van der Waals surface area contributed by atoms with E-state index in [1.54, 1.807) is 0 Å². The smallest absolute Gasteiger partial charge is 0.222 e. The van der Waals surface area contributed by atoms with Crippen LogP contribution in [-0.2, 0) is 8.83 Å². The molecule has 0 heterocycles. The summed E-state index contributed by atoms with van der Waals surface area (Å²) in [6, 6.07) is 0. The van der Waals surface area contributed by atoms with E-state index in [9.17, 15) is 0 Å². The van der Waals surface area contributed by atoms with Crippen LogP contribution in [0.3, 0.4) is 0 Å². The van der Waals surface area contributed by atoms with E-state index in [0.29, 0.717) is 0 Å². The normalized spacial score (nSPS) is 16.0. The molecule has 0 saturated heterocycles. The number of hydrogen-bond donors (Lipinski definition) is 0. The first-order valence-corrected chi connectivity index (χ1v) is 21.5. The molecule has 0 aromatic rings. The zero-order valence-electron chi connectivity index (χ0n) is 7.78. The van der Waals surface area contributed by atoms with Gasteiger partial charge in [-0.3, -0.25) is 0 Å². The summed E-state index contributed by atoms with van der Waals surface area (Å²) in [5, 5.41) is 8.47. The van der Waals surface area contributed by atoms with Crippen molar-refractivity contribution in [3.8, 4) is 0 Å². The minimum absolute atomic E-state index is 0.527. The van der Waals surface area contributed by atoms with E-state index in [2.05, 4.69) is 4.99 Å². The van der Waals surface area contributed by atoms with Crippen LogP contribution >= 0.6 is 129 Å². The second-order valence-corrected chi connectivity index (χ2v) is 43.9. The van der Waals surface area contributed by atoms with E-state index in [1.807, 2.05) is 0 Å². The maximum absolute atomic E-state index is 8.99. The average Bonchev–Trinajstić information content (AvgIpc) is 1.94. The van der Waals surface area contributed by atoms with E-state index in [1.165, 1.54) is 0 Å². The van der Waals surface area contributed by atoms with Crippen LogP contribution in [0.1, 0.15) is 0 Å². The Hall–Kier alpha value is 3.46. The van der Waals surface area contributed by atoms with Gasteiger partial charge in [-0.2, -0.15) is 0 Å². The van der Waals surface area contributed by atoms with Crippen LogP contribution < -0.4 is 0 Å². The molecule has 0 fully saturated rings. The Morgan fingerprint density at radius 3 is 1.21 bits per heavy atom. The summed E-state index contributed by atoms with van der Waals surface area (Å²) in [5.41, 5.74) is 0. The molecule has 0 spiro atoms. The zero-order valence-corrected chi connectivity index (χ0v) is 19.4. The Balaban J connectivity index is 0. The second-order valence-electron chi connectivity index (χ2n) is 2.23. The van der Waals surface area contributed by atoms with Gasteiger partial charge in [-0.25, -0.2) is 0 Å². The van der Waals surface area contributed by atoms with Gasteiger partial charge in [0.25, 0.3) is 0 Å². The molecule has 0 rings (SSSR count). The third-order valence-corrected chi connectivity index (χ3v) is 2.39. The van der Waals surface area contributed by atoms with Gasteiger partial charge in [0.15, 0.2) is 0 Å². The van der Waals surface area contributed by atoms with Crippen LogP contribution in [0.25, 0.3) is 5.41 Å². The molecule has 0 aliphatic rings. The molecule has 2 nitrogen and oxygen atoms in total. The fourth-order valence-corrected chi connectivity index (χ4v) is 0.553. The van der Waals surface area contributed by atoms with Crippen LogP contribution in [0.5, 0.6) is 0 Å². The topological polar surface area (TPSA) is 34.7 Å². The van der Waals surface area contributed by atoms with Gasteiger partial charge in [0.1, 0.15) is 0 Å². The van der Waals surface area contributed by atoms with E-state index < -0.39 is 27.4 Å². The molecular weight excluding hydrogens is 692 g/mol. The standard InChI is InChI=1S/C4Cl7N2.5ClH.Os/c5-1(3(6,7)8)13-2(12)4(9,10)11;;;;;;/h;5*1H;/q-1;;;;;;+5/p-5. The Morgan fingerprint density at radius 2 is 1.05 bits per heavy atom. The molecule has 0 aromatic heterocycles. The first-order chi connectivity index (χ1) is 7.78. The number of alkyl halides is 6. The summed E-state index contributed by atoms with van der Waals surface area (Å²) in [5.74, 6) is -0.881. The van der Waals surface area contributed by atoms with E-state index in [-0.39, 0.29) is 0 Å². The summed E-state index contributed by atoms with van der Waals surface area (Å²) < 4.78 is -4.07. The van der Waals surface area contributed by atoms with Crippen molar-refractivity contribution in [1.29, 1.82) is 0 Å². The third-order valence-electron chi connectivity index (χ3n) is 0.692. The first kappa shape index (κ1) is 24.7. The molecule has 0 aromatic carbocycles. The van der Waals surface area contributed by atoms with Crippen LogP contribution in [0.4, 0.5) is 0 Å². The predicted octanol–water partition coefficient (Wildman–Crippen LogP) is 7.78. The quantitative estimate of drug-likeness (QED) is 0.141. The molecule has 0 radical (unpaired) electrons. The monoisotopic (exact) mass is 688 g/mol. The Bertz CT molecular complexity index is 338. The summed E-state index contributed by atoms with van der Waals surface area (Å²) in [6.45, 7) is 0. The van der Waals surface area contributed by atoms with Gasteiger partial charge in [-0.05, 0) is 5.84 Å². The maximum Gasteiger partial charge on any atom is 0.222 e. The summed E-state index contributed by atoms with van der Waals surface area (Å²) >= 11 is 36.9. The zero-order chi connectivity index (χ0) is 16.3. The fraction of sp³-hybridized carbons (Fsp3) is 0.500. The molecule has 0 saturated carbocycles. The molecule has 0 unspecified atom stereocenters. The van der Waals surface area contributed by atoms with E-state index >= 15 is 0 Å². The van der Waals surface area contributed by atoms with Gasteiger partial charge in [-0.1, -0.05) is 81.2 Å². The molecule has 0 bridgehead atoms. The maximum atomic E-state index is 8.99. The van der Waals surface area contributed by atoms with Crippen molar-refractivity contribution in [3.05, 3.63) is 5.41 Å². The van der Waals surface area contributed by atoms with E-state index in [0.717, 1.165) is 0 Å². The molecule has 19 heavy (non-hydrogen) atoms. The van der Waals surface area contributed by atoms with Crippen molar-refractivity contribution >= 4 is 140 Å². The van der Waals surface area contributed by atoms with Crippen LogP contribution in [0.15, 0.2) is 4.99 Å². The number of halogens is 12. The third kappa shape index (κ3) is 21.5. The molecule has 0 aliphatic heterocycles. The Labute approximate surface area is 165 Å². The van der Waals surface area contributed by atoms with Crippen molar-refractivity contribution in [3.63, 3.8) is 0 Å². The SMILES string of the molecule is [Cl][Os]([Cl])([Cl])([Cl])[Cl].[N-]=C(N=C(Cl)C(Cl)(Cl)Cl)C(Cl)(Cl)Cl. The Kier molecular flexibility index (Phi) is 11.1. The van der Waals surface area contributed by atoms with Crippen LogP contribution in [-0.4, -0.2) is 18.6 Å². The second kappa shape index (κ2) is 8.52. The van der Waals surface area contributed by atoms with Gasteiger partial charge in [0.05, 0.1) is 5.17 Å². The van der Waals surface area contributed by atoms with Crippen molar-refractivity contribution < 1.29 is 8.83 Å². The number of amidine groups is 1. The first-order valence-electron chi connectivity index (χ1n) is 3.16. The number of nitrogens with zero attached hydrogens (tertiary/aromatic N) is 2. The van der Waals surface area contributed by atoms with Crippen molar-refractivity contribution in [2.75, 3.05) is 0 Å². The van der Waals surface area contributed by atoms with Gasteiger partial charge in [0, 0.05) is 0 Å². The van der Waals surface area contributed by atoms with E-state index in [4.69, 9.17) is 135 Å². The fourth-order valence-electron chi connectivity index (χ4n) is 0.220. The summed E-state index contributed by atoms with van der Waals surface area (Å²) in [7, 11) is 20.9. The van der Waals surface area contributed by atoms with Gasteiger partial charge < -0.3 is 10.4 Å². The molecule has 119 valence electrons. The summed E-state index contributed by atoms with van der Waals surface area (Å²) in [6.07, 6.45) is 0. The molecule has 15 heteroatoms. The minimum atomic E-state index is -4.29. The molecule has 0 atom stereocenters. The van der Waals surface area contributed by atoms with Gasteiger partial charge >= 0.3 is 57.0 Å². The van der Waals surface area contributed by atoms with Gasteiger partial charge in [0.2, 0.25) is 7.59 Å². The van der Waals surface area contributed by atoms with Crippen molar-refractivity contribution in [1.82, 2.24) is 0 Å². The van der Waals surface area contributed by atoms with Crippen LogP contribution in [0.2, 0.25) is 0 Å². The molecule has 0 N–H and O–H groups in total. The van der Waals surface area contributed by atoms with Crippen molar-refractivity contribution in [2.24, 2.45) is 4.99 Å². The number of aliphatic imine (C=N–C) groups is 1. The molecule has 0 aliphatic carbocycles. The van der Waals surface area contributed by atoms with Gasteiger partial charge in [-0.15, -0.1) is 0 Å².